The number of nitrogens with zero attached hydrogens (tertiary/aromatic N) is 1. The number of carbonyl (C=O) groups is 1. The van der Waals surface area contributed by atoms with E-state index in [1.165, 1.54) is 0 Å². The monoisotopic (exact) mass is 212 g/mol. The first-order chi connectivity index (χ1) is 7.86. The molecule has 0 atom stereocenters. The average Bonchev–Trinajstić information content (AvgIpc) is 2.38. The highest BCUT2D eigenvalue weighted by Gasteiger charge is 2.03. The third kappa shape index (κ3) is 2.67. The van der Waals surface area contributed by atoms with Crippen LogP contribution in [0.2, 0.25) is 0 Å². The molecule has 80 valence electrons. The summed E-state index contributed by atoms with van der Waals surface area (Å²) in [4.78, 5) is 15.7. The molecule has 0 saturated carbocycles. The molecule has 0 spiro atoms. The van der Waals surface area contributed by atoms with Crippen molar-refractivity contribution in [1.82, 2.24) is 10.3 Å². The van der Waals surface area contributed by atoms with E-state index in [9.17, 15) is 4.79 Å². The van der Waals surface area contributed by atoms with Crippen molar-refractivity contribution in [3.63, 3.8) is 0 Å². The molecule has 1 N–H and O–H groups in total. The van der Waals surface area contributed by atoms with Gasteiger partial charge in [0.05, 0.1) is 0 Å². The number of pyridine rings is 1. The molecule has 0 aliphatic heterocycles. The van der Waals surface area contributed by atoms with Crippen LogP contribution in [0.15, 0.2) is 54.9 Å². The summed E-state index contributed by atoms with van der Waals surface area (Å²) in [5, 5.41) is 2.84. The summed E-state index contributed by atoms with van der Waals surface area (Å²) >= 11 is 0. The van der Waals surface area contributed by atoms with Gasteiger partial charge in [-0.2, -0.15) is 0 Å². The molecular weight excluding hydrogens is 200 g/mol. The maximum atomic E-state index is 11.7. The second kappa shape index (κ2) is 5.07. The van der Waals surface area contributed by atoms with Gasteiger partial charge in [-0.05, 0) is 23.8 Å². The van der Waals surface area contributed by atoms with Crippen molar-refractivity contribution in [3.05, 3.63) is 66.0 Å². The summed E-state index contributed by atoms with van der Waals surface area (Å²) in [7, 11) is 0. The Hall–Kier alpha value is -2.16. The van der Waals surface area contributed by atoms with E-state index < -0.39 is 0 Å². The van der Waals surface area contributed by atoms with Crippen LogP contribution < -0.4 is 5.32 Å². The molecule has 0 saturated heterocycles. The molecule has 2 rings (SSSR count). The Balaban J connectivity index is 1.95. The highest BCUT2D eigenvalue weighted by molar-refractivity contribution is 5.94. The molecule has 16 heavy (non-hydrogen) atoms. The predicted octanol–water partition coefficient (Wildman–Crippen LogP) is 2.01. The highest BCUT2D eigenvalue weighted by Crippen LogP contribution is 1.99. The lowest BCUT2D eigenvalue weighted by Crippen LogP contribution is -2.22. The summed E-state index contributed by atoms with van der Waals surface area (Å²) in [5.41, 5.74) is 1.66. The van der Waals surface area contributed by atoms with Crippen LogP contribution in [0.3, 0.4) is 0 Å². The van der Waals surface area contributed by atoms with Crippen LogP contribution in [0.4, 0.5) is 0 Å². The normalized spacial score (nSPS) is 9.75. The molecule has 0 bridgehead atoms. The molecular formula is C13H12N2O. The quantitative estimate of drug-likeness (QED) is 0.845. The first kappa shape index (κ1) is 10.4. The van der Waals surface area contributed by atoms with Gasteiger partial charge in [-0.25, -0.2) is 0 Å². The Morgan fingerprint density at radius 2 is 1.94 bits per heavy atom. The van der Waals surface area contributed by atoms with Crippen molar-refractivity contribution in [2.45, 2.75) is 6.54 Å². The first-order valence-electron chi connectivity index (χ1n) is 5.08. The summed E-state index contributed by atoms with van der Waals surface area (Å²) in [6, 6.07) is 12.9. The lowest BCUT2D eigenvalue weighted by Gasteiger charge is -2.04. The number of carbonyl (C=O) groups excluding carboxylic acids is 1. The van der Waals surface area contributed by atoms with Crippen molar-refractivity contribution >= 4 is 5.91 Å². The molecule has 0 radical (unpaired) electrons. The van der Waals surface area contributed by atoms with E-state index in [1.807, 2.05) is 30.3 Å². The molecule has 1 aromatic heterocycles. The lowest BCUT2D eigenvalue weighted by molar-refractivity contribution is 0.0951. The molecule has 2 aromatic rings. The number of amides is 1. The molecule has 3 heteroatoms. The summed E-state index contributed by atoms with van der Waals surface area (Å²) < 4.78 is 0. The molecule has 1 aromatic carbocycles. The van der Waals surface area contributed by atoms with Gasteiger partial charge in [0, 0.05) is 24.5 Å². The maximum absolute atomic E-state index is 11.7. The Labute approximate surface area is 94.1 Å². The van der Waals surface area contributed by atoms with Gasteiger partial charge in [0.2, 0.25) is 0 Å². The van der Waals surface area contributed by atoms with Gasteiger partial charge in [-0.1, -0.05) is 24.3 Å². The largest absolute Gasteiger partial charge is 0.348 e. The van der Waals surface area contributed by atoms with Gasteiger partial charge in [0.25, 0.3) is 5.91 Å². The minimum absolute atomic E-state index is 0.0653. The number of nitrogens with one attached hydrogen (secondary N) is 1. The van der Waals surface area contributed by atoms with Crippen molar-refractivity contribution < 1.29 is 4.79 Å². The van der Waals surface area contributed by atoms with E-state index >= 15 is 0 Å². The zero-order valence-electron chi connectivity index (χ0n) is 8.76. The van der Waals surface area contributed by atoms with E-state index in [0.29, 0.717) is 12.1 Å². The standard InChI is InChI=1S/C13H12N2O/c16-13(12-6-2-1-3-7-12)15-10-11-5-4-8-14-9-11/h1-9H,10H2,(H,15,16). The Morgan fingerprint density at radius 3 is 2.62 bits per heavy atom. The van der Waals surface area contributed by atoms with Crippen LogP contribution in [-0.2, 0) is 6.54 Å². The van der Waals surface area contributed by atoms with E-state index in [4.69, 9.17) is 0 Å². The number of aromatic nitrogens is 1. The third-order valence-electron chi connectivity index (χ3n) is 2.21. The van der Waals surface area contributed by atoms with E-state index in [1.54, 1.807) is 24.5 Å². The topological polar surface area (TPSA) is 42.0 Å². The average molecular weight is 212 g/mol. The van der Waals surface area contributed by atoms with E-state index in [0.717, 1.165) is 5.56 Å². The molecule has 1 heterocycles. The zero-order valence-corrected chi connectivity index (χ0v) is 8.76. The number of hydrogen-bond acceptors (Lipinski definition) is 2. The smallest absolute Gasteiger partial charge is 0.251 e. The minimum Gasteiger partial charge on any atom is -0.348 e. The van der Waals surface area contributed by atoms with Crippen LogP contribution in [0.25, 0.3) is 0 Å². The fraction of sp³-hybridized carbons (Fsp3) is 0.0769. The molecule has 1 amide bonds. The van der Waals surface area contributed by atoms with Gasteiger partial charge < -0.3 is 5.32 Å². The van der Waals surface area contributed by atoms with E-state index in [-0.39, 0.29) is 5.91 Å². The summed E-state index contributed by atoms with van der Waals surface area (Å²) in [6.45, 7) is 0.502. The fourth-order valence-electron chi connectivity index (χ4n) is 1.38. The third-order valence-corrected chi connectivity index (χ3v) is 2.21. The zero-order chi connectivity index (χ0) is 11.2. The summed E-state index contributed by atoms with van der Waals surface area (Å²) in [6.07, 6.45) is 3.45. The number of benzene rings is 1. The fourth-order valence-corrected chi connectivity index (χ4v) is 1.38. The van der Waals surface area contributed by atoms with Crippen LogP contribution >= 0.6 is 0 Å². The van der Waals surface area contributed by atoms with Crippen molar-refractivity contribution in [2.75, 3.05) is 0 Å². The highest BCUT2D eigenvalue weighted by atomic mass is 16.1. The molecule has 0 unspecified atom stereocenters. The second-order valence-electron chi connectivity index (χ2n) is 3.41. The number of rotatable bonds is 3. The SMILES string of the molecule is O=C(NCc1cccnc1)c1ccccc1. The first-order valence-corrected chi connectivity index (χ1v) is 5.08. The van der Waals surface area contributed by atoms with Crippen molar-refractivity contribution in [1.29, 1.82) is 0 Å². The summed E-state index contributed by atoms with van der Waals surface area (Å²) in [5.74, 6) is -0.0653. The van der Waals surface area contributed by atoms with Crippen LogP contribution in [0, 0.1) is 0 Å². The molecule has 0 aliphatic rings. The Bertz CT molecular complexity index is 454. The second-order valence-corrected chi connectivity index (χ2v) is 3.41. The Morgan fingerprint density at radius 1 is 1.12 bits per heavy atom. The molecule has 0 fully saturated rings. The van der Waals surface area contributed by atoms with Gasteiger partial charge in [-0.3, -0.25) is 9.78 Å². The van der Waals surface area contributed by atoms with Crippen molar-refractivity contribution in [2.24, 2.45) is 0 Å². The molecule has 0 aliphatic carbocycles. The van der Waals surface area contributed by atoms with E-state index in [2.05, 4.69) is 10.3 Å². The van der Waals surface area contributed by atoms with Crippen LogP contribution in [0.5, 0.6) is 0 Å². The maximum Gasteiger partial charge on any atom is 0.251 e. The van der Waals surface area contributed by atoms with Crippen molar-refractivity contribution in [3.8, 4) is 0 Å². The predicted molar refractivity (Wildman–Crippen MR) is 61.8 cm³/mol. The van der Waals surface area contributed by atoms with Crippen LogP contribution in [0.1, 0.15) is 15.9 Å². The van der Waals surface area contributed by atoms with Gasteiger partial charge in [0.15, 0.2) is 0 Å². The van der Waals surface area contributed by atoms with Gasteiger partial charge in [0.1, 0.15) is 0 Å². The lowest BCUT2D eigenvalue weighted by atomic mass is 10.2. The van der Waals surface area contributed by atoms with Crippen LogP contribution in [-0.4, -0.2) is 10.9 Å². The van der Waals surface area contributed by atoms with Gasteiger partial charge in [-0.15, -0.1) is 0 Å². The number of hydrogen-bond donors (Lipinski definition) is 1. The minimum atomic E-state index is -0.0653. The molecule has 3 nitrogen and oxygen atoms in total. The Kier molecular flexibility index (Phi) is 3.28. The van der Waals surface area contributed by atoms with Gasteiger partial charge >= 0.3 is 0 Å².